The zero-order valence-electron chi connectivity index (χ0n) is 8.12. The van der Waals surface area contributed by atoms with Gasteiger partial charge in [0.15, 0.2) is 0 Å². The van der Waals surface area contributed by atoms with E-state index in [1.165, 1.54) is 30.6 Å². The highest BCUT2D eigenvalue weighted by atomic mass is 32.1. The molecular formula is C10H13NO2S. The van der Waals surface area contributed by atoms with E-state index in [9.17, 15) is 4.79 Å². The second kappa shape index (κ2) is 3.69. The third-order valence-corrected chi connectivity index (χ3v) is 3.89. The highest BCUT2D eigenvalue weighted by Crippen LogP contribution is 2.31. The van der Waals surface area contributed by atoms with Crippen molar-refractivity contribution < 1.29 is 9.90 Å². The molecule has 14 heavy (non-hydrogen) atoms. The molecule has 0 radical (unpaired) electrons. The second-order valence-electron chi connectivity index (χ2n) is 3.83. The molecule has 0 amide bonds. The van der Waals surface area contributed by atoms with Crippen LogP contribution in [-0.4, -0.2) is 16.1 Å². The molecule has 1 N–H and O–H groups in total. The summed E-state index contributed by atoms with van der Waals surface area (Å²) >= 11 is 1.33. The molecule has 1 aliphatic rings. The van der Waals surface area contributed by atoms with Crippen molar-refractivity contribution in [3.05, 3.63) is 15.6 Å². The van der Waals surface area contributed by atoms with Crippen molar-refractivity contribution >= 4 is 17.3 Å². The summed E-state index contributed by atoms with van der Waals surface area (Å²) in [7, 11) is 0. The Morgan fingerprint density at radius 1 is 1.64 bits per heavy atom. The van der Waals surface area contributed by atoms with Crippen LogP contribution in [-0.2, 0) is 6.42 Å². The minimum absolute atomic E-state index is 0.402. The van der Waals surface area contributed by atoms with Crippen LogP contribution >= 0.6 is 11.3 Å². The number of rotatable bonds is 3. The molecule has 0 aromatic carbocycles. The van der Waals surface area contributed by atoms with Gasteiger partial charge >= 0.3 is 5.97 Å². The molecule has 1 aliphatic carbocycles. The van der Waals surface area contributed by atoms with E-state index in [4.69, 9.17) is 5.11 Å². The van der Waals surface area contributed by atoms with Gasteiger partial charge in [0, 0.05) is 6.42 Å². The summed E-state index contributed by atoms with van der Waals surface area (Å²) in [6, 6.07) is 0. The van der Waals surface area contributed by atoms with Crippen molar-refractivity contribution in [1.82, 2.24) is 4.98 Å². The van der Waals surface area contributed by atoms with Crippen LogP contribution in [0.25, 0.3) is 0 Å². The monoisotopic (exact) mass is 211 g/mol. The van der Waals surface area contributed by atoms with E-state index in [2.05, 4.69) is 4.98 Å². The normalized spacial score (nSPS) is 16.6. The number of hydrogen-bond acceptors (Lipinski definition) is 3. The Hall–Kier alpha value is -0.900. The van der Waals surface area contributed by atoms with Gasteiger partial charge in [0.05, 0.1) is 10.7 Å². The Kier molecular flexibility index (Phi) is 2.54. The summed E-state index contributed by atoms with van der Waals surface area (Å²) in [6.45, 7) is 1.77. The smallest absolute Gasteiger partial charge is 0.347 e. The van der Waals surface area contributed by atoms with Gasteiger partial charge in [-0.25, -0.2) is 9.78 Å². The third kappa shape index (κ3) is 1.80. The number of hydrogen-bond donors (Lipinski definition) is 1. The quantitative estimate of drug-likeness (QED) is 0.835. The largest absolute Gasteiger partial charge is 0.477 e. The van der Waals surface area contributed by atoms with E-state index in [1.54, 1.807) is 6.92 Å². The number of aryl methyl sites for hydroxylation is 1. The number of carbonyl (C=O) groups is 1. The molecule has 1 fully saturated rings. The van der Waals surface area contributed by atoms with E-state index in [1.807, 2.05) is 0 Å². The first-order valence-electron chi connectivity index (χ1n) is 4.86. The molecule has 3 nitrogen and oxygen atoms in total. The number of aromatic nitrogens is 1. The number of nitrogens with zero attached hydrogens (tertiary/aromatic N) is 1. The lowest BCUT2D eigenvalue weighted by molar-refractivity contribution is 0.0701. The lowest BCUT2D eigenvalue weighted by Gasteiger charge is -2.23. The van der Waals surface area contributed by atoms with E-state index in [-0.39, 0.29) is 0 Å². The predicted molar refractivity (Wildman–Crippen MR) is 54.9 cm³/mol. The highest BCUT2D eigenvalue weighted by Gasteiger charge is 2.21. The first kappa shape index (κ1) is 9.65. The summed E-state index contributed by atoms with van der Waals surface area (Å²) in [5, 5.41) is 9.85. The SMILES string of the molecule is Cc1nc(CC2CCC2)sc1C(=O)O. The van der Waals surface area contributed by atoms with Crippen LogP contribution in [0.4, 0.5) is 0 Å². The average Bonchev–Trinajstić information content (AvgIpc) is 2.39. The Balaban J connectivity index is 2.10. The van der Waals surface area contributed by atoms with Gasteiger partial charge in [0.25, 0.3) is 0 Å². The van der Waals surface area contributed by atoms with Crippen LogP contribution < -0.4 is 0 Å². The second-order valence-corrected chi connectivity index (χ2v) is 4.91. The van der Waals surface area contributed by atoms with Gasteiger partial charge in [0.1, 0.15) is 4.88 Å². The van der Waals surface area contributed by atoms with E-state index in [0.717, 1.165) is 17.3 Å². The Morgan fingerprint density at radius 3 is 2.79 bits per heavy atom. The molecule has 0 saturated heterocycles. The third-order valence-electron chi connectivity index (χ3n) is 2.72. The van der Waals surface area contributed by atoms with Gasteiger partial charge in [0.2, 0.25) is 0 Å². The van der Waals surface area contributed by atoms with E-state index in [0.29, 0.717) is 10.6 Å². The maximum atomic E-state index is 10.8. The molecule has 0 spiro atoms. The molecule has 1 aromatic rings. The summed E-state index contributed by atoms with van der Waals surface area (Å²) in [5.74, 6) is -0.0953. The topological polar surface area (TPSA) is 50.2 Å². The maximum absolute atomic E-state index is 10.8. The van der Waals surface area contributed by atoms with Gasteiger partial charge < -0.3 is 5.11 Å². The van der Waals surface area contributed by atoms with E-state index < -0.39 is 5.97 Å². The van der Waals surface area contributed by atoms with Gasteiger partial charge in [-0.15, -0.1) is 11.3 Å². The Labute approximate surface area is 86.8 Å². The molecular weight excluding hydrogens is 198 g/mol. The van der Waals surface area contributed by atoms with Gasteiger partial charge in [-0.1, -0.05) is 19.3 Å². The standard InChI is InChI=1S/C10H13NO2S/c1-6-9(10(12)13)14-8(11-6)5-7-3-2-4-7/h7H,2-5H2,1H3,(H,12,13). The zero-order chi connectivity index (χ0) is 10.1. The molecule has 76 valence electrons. The van der Waals surface area contributed by atoms with Gasteiger partial charge in [-0.05, 0) is 12.8 Å². The van der Waals surface area contributed by atoms with E-state index >= 15 is 0 Å². The van der Waals surface area contributed by atoms with Crippen LogP contribution in [0.1, 0.15) is 39.6 Å². The van der Waals surface area contributed by atoms with Gasteiger partial charge in [-0.2, -0.15) is 0 Å². The van der Waals surface area contributed by atoms with Gasteiger partial charge in [-0.3, -0.25) is 0 Å². The zero-order valence-corrected chi connectivity index (χ0v) is 8.93. The van der Waals surface area contributed by atoms with Crippen molar-refractivity contribution in [2.45, 2.75) is 32.6 Å². The lowest BCUT2D eigenvalue weighted by Crippen LogP contribution is -2.13. The molecule has 4 heteroatoms. The summed E-state index contributed by atoms with van der Waals surface area (Å²) < 4.78 is 0. The molecule has 1 aromatic heterocycles. The minimum atomic E-state index is -0.847. The van der Waals surface area contributed by atoms with Crippen molar-refractivity contribution in [2.24, 2.45) is 5.92 Å². The number of carboxylic acid groups (broad SMARTS) is 1. The first-order chi connectivity index (χ1) is 6.66. The van der Waals surface area contributed by atoms with Crippen molar-refractivity contribution in [1.29, 1.82) is 0 Å². The Morgan fingerprint density at radius 2 is 2.36 bits per heavy atom. The van der Waals surface area contributed by atoms with Crippen molar-refractivity contribution in [3.8, 4) is 0 Å². The summed E-state index contributed by atoms with van der Waals surface area (Å²) in [6.07, 6.45) is 4.85. The summed E-state index contributed by atoms with van der Waals surface area (Å²) in [4.78, 5) is 15.5. The van der Waals surface area contributed by atoms with Crippen molar-refractivity contribution in [2.75, 3.05) is 0 Å². The van der Waals surface area contributed by atoms with Crippen LogP contribution in [0.2, 0.25) is 0 Å². The van der Waals surface area contributed by atoms with Crippen LogP contribution in [0.3, 0.4) is 0 Å². The molecule has 0 aliphatic heterocycles. The van der Waals surface area contributed by atoms with Crippen LogP contribution in [0.5, 0.6) is 0 Å². The molecule has 0 unspecified atom stereocenters. The Bertz CT molecular complexity index is 355. The number of aromatic carboxylic acids is 1. The number of carboxylic acids is 1. The number of thiazole rings is 1. The van der Waals surface area contributed by atoms with Crippen molar-refractivity contribution in [3.63, 3.8) is 0 Å². The maximum Gasteiger partial charge on any atom is 0.347 e. The molecule has 1 heterocycles. The molecule has 2 rings (SSSR count). The fraction of sp³-hybridized carbons (Fsp3) is 0.600. The molecule has 1 saturated carbocycles. The first-order valence-corrected chi connectivity index (χ1v) is 5.68. The minimum Gasteiger partial charge on any atom is -0.477 e. The molecule has 0 atom stereocenters. The van der Waals surface area contributed by atoms with Crippen LogP contribution in [0.15, 0.2) is 0 Å². The van der Waals surface area contributed by atoms with Crippen LogP contribution in [0, 0.1) is 12.8 Å². The summed E-state index contributed by atoms with van der Waals surface area (Å²) in [5.41, 5.74) is 0.664. The lowest BCUT2D eigenvalue weighted by atomic mass is 9.83. The fourth-order valence-electron chi connectivity index (χ4n) is 1.68. The fourth-order valence-corrected chi connectivity index (χ4v) is 2.70. The molecule has 0 bridgehead atoms. The predicted octanol–water partition coefficient (Wildman–Crippen LogP) is 2.49. The highest BCUT2D eigenvalue weighted by molar-refractivity contribution is 7.13. The average molecular weight is 211 g/mol.